The predicted molar refractivity (Wildman–Crippen MR) is 97.7 cm³/mol. The van der Waals surface area contributed by atoms with Gasteiger partial charge in [-0.05, 0) is 37.5 Å². The standard InChI is InChI=1S/C18H23N3O4S/c1-13-11-17(19-21(13)15-5-3-2-4-6-15)20-26(24,25)16-9-7-14(8-10-16)12-18(22)23/h7-11,15H,2-6,12H2,1H3,(H,19,20)(H,22,23). The Morgan fingerprint density at radius 1 is 1.23 bits per heavy atom. The van der Waals surface area contributed by atoms with Crippen molar-refractivity contribution in [3.05, 3.63) is 41.6 Å². The summed E-state index contributed by atoms with van der Waals surface area (Å²) >= 11 is 0. The van der Waals surface area contributed by atoms with E-state index in [0.29, 0.717) is 17.4 Å². The molecule has 1 fully saturated rings. The number of aliphatic carboxylic acids is 1. The van der Waals surface area contributed by atoms with E-state index in [4.69, 9.17) is 5.11 Å². The molecule has 1 aromatic heterocycles. The lowest BCUT2D eigenvalue weighted by molar-refractivity contribution is -0.136. The number of aryl methyl sites for hydroxylation is 1. The normalized spacial score (nSPS) is 15.7. The molecule has 7 nitrogen and oxygen atoms in total. The summed E-state index contributed by atoms with van der Waals surface area (Å²) < 4.78 is 29.6. The first-order valence-corrected chi connectivity index (χ1v) is 10.2. The molecule has 26 heavy (non-hydrogen) atoms. The summed E-state index contributed by atoms with van der Waals surface area (Å²) in [5.41, 5.74) is 1.49. The van der Waals surface area contributed by atoms with Crippen LogP contribution in [-0.4, -0.2) is 29.3 Å². The number of sulfonamides is 1. The van der Waals surface area contributed by atoms with E-state index in [1.54, 1.807) is 6.07 Å². The van der Waals surface area contributed by atoms with Gasteiger partial charge in [0, 0.05) is 11.8 Å². The Bertz CT molecular complexity index is 882. The van der Waals surface area contributed by atoms with Crippen molar-refractivity contribution in [2.75, 3.05) is 4.72 Å². The molecule has 0 bridgehead atoms. The maximum absolute atomic E-state index is 12.6. The molecule has 0 spiro atoms. The number of nitrogens with zero attached hydrogens (tertiary/aromatic N) is 2. The van der Waals surface area contributed by atoms with Gasteiger partial charge >= 0.3 is 5.97 Å². The Labute approximate surface area is 153 Å². The third-order valence-electron chi connectivity index (χ3n) is 4.67. The zero-order valence-electron chi connectivity index (χ0n) is 14.7. The summed E-state index contributed by atoms with van der Waals surface area (Å²) in [7, 11) is -3.77. The number of hydrogen-bond donors (Lipinski definition) is 2. The minimum Gasteiger partial charge on any atom is -0.481 e. The molecule has 2 aromatic rings. The van der Waals surface area contributed by atoms with Crippen LogP contribution in [0.3, 0.4) is 0 Å². The highest BCUT2D eigenvalue weighted by Crippen LogP contribution is 2.29. The molecule has 0 amide bonds. The average Bonchev–Trinajstić information content (AvgIpc) is 2.95. The Morgan fingerprint density at radius 2 is 1.88 bits per heavy atom. The van der Waals surface area contributed by atoms with E-state index in [1.165, 1.54) is 43.5 Å². The summed E-state index contributed by atoms with van der Waals surface area (Å²) in [6.07, 6.45) is 5.59. The Hall–Kier alpha value is -2.35. The molecule has 1 aromatic carbocycles. The monoisotopic (exact) mass is 377 g/mol. The van der Waals surface area contributed by atoms with Crippen LogP contribution in [0.5, 0.6) is 0 Å². The number of nitrogens with one attached hydrogen (secondary N) is 1. The molecular formula is C18H23N3O4S. The highest BCUT2D eigenvalue weighted by atomic mass is 32.2. The number of hydrogen-bond acceptors (Lipinski definition) is 4. The molecule has 1 aliphatic carbocycles. The van der Waals surface area contributed by atoms with Crippen LogP contribution in [0.4, 0.5) is 5.82 Å². The zero-order chi connectivity index (χ0) is 18.7. The van der Waals surface area contributed by atoms with Gasteiger partial charge in [0.15, 0.2) is 5.82 Å². The smallest absolute Gasteiger partial charge is 0.307 e. The van der Waals surface area contributed by atoms with Crippen LogP contribution < -0.4 is 4.72 Å². The van der Waals surface area contributed by atoms with Crippen LogP contribution in [0.2, 0.25) is 0 Å². The SMILES string of the molecule is Cc1cc(NS(=O)(=O)c2ccc(CC(=O)O)cc2)nn1C1CCCCC1. The third kappa shape index (κ3) is 4.24. The van der Waals surface area contributed by atoms with Crippen LogP contribution in [-0.2, 0) is 21.2 Å². The van der Waals surface area contributed by atoms with Gasteiger partial charge in [-0.2, -0.15) is 5.10 Å². The summed E-state index contributed by atoms with van der Waals surface area (Å²) in [6.45, 7) is 1.93. The van der Waals surface area contributed by atoms with Gasteiger partial charge in [0.05, 0.1) is 17.4 Å². The fraction of sp³-hybridized carbons (Fsp3) is 0.444. The van der Waals surface area contributed by atoms with Gasteiger partial charge in [0.1, 0.15) is 0 Å². The molecule has 0 radical (unpaired) electrons. The number of carboxylic acids is 1. The lowest BCUT2D eigenvalue weighted by Crippen LogP contribution is -2.17. The number of benzene rings is 1. The quantitative estimate of drug-likeness (QED) is 0.805. The van der Waals surface area contributed by atoms with Crippen LogP contribution in [0.25, 0.3) is 0 Å². The highest BCUT2D eigenvalue weighted by molar-refractivity contribution is 7.92. The van der Waals surface area contributed by atoms with Crippen molar-refractivity contribution in [1.29, 1.82) is 0 Å². The Morgan fingerprint density at radius 3 is 2.50 bits per heavy atom. The molecule has 8 heteroatoms. The summed E-state index contributed by atoms with van der Waals surface area (Å²) in [4.78, 5) is 10.8. The van der Waals surface area contributed by atoms with Gasteiger partial charge < -0.3 is 5.11 Å². The molecule has 0 atom stereocenters. The van der Waals surface area contributed by atoms with E-state index in [0.717, 1.165) is 18.5 Å². The molecule has 0 unspecified atom stereocenters. The number of carboxylic acid groups (broad SMARTS) is 1. The minimum absolute atomic E-state index is 0.0801. The van der Waals surface area contributed by atoms with Crippen molar-refractivity contribution in [3.8, 4) is 0 Å². The van der Waals surface area contributed by atoms with Crippen molar-refractivity contribution in [2.45, 2.75) is 56.4 Å². The highest BCUT2D eigenvalue weighted by Gasteiger charge is 2.21. The molecule has 1 heterocycles. The van der Waals surface area contributed by atoms with Gasteiger partial charge in [0.2, 0.25) is 0 Å². The number of rotatable bonds is 6. The Balaban J connectivity index is 1.76. The molecule has 0 aliphatic heterocycles. The van der Waals surface area contributed by atoms with Crippen LogP contribution in [0, 0.1) is 6.92 Å². The van der Waals surface area contributed by atoms with E-state index in [-0.39, 0.29) is 11.3 Å². The fourth-order valence-corrected chi connectivity index (χ4v) is 4.38. The zero-order valence-corrected chi connectivity index (χ0v) is 15.5. The second-order valence-corrected chi connectivity index (χ2v) is 8.41. The largest absolute Gasteiger partial charge is 0.481 e. The molecule has 1 aliphatic rings. The summed E-state index contributed by atoms with van der Waals surface area (Å²) in [6, 6.07) is 7.91. The van der Waals surface area contributed by atoms with E-state index >= 15 is 0 Å². The van der Waals surface area contributed by atoms with E-state index < -0.39 is 16.0 Å². The molecule has 2 N–H and O–H groups in total. The van der Waals surface area contributed by atoms with Crippen LogP contribution in [0.1, 0.15) is 49.4 Å². The molecule has 1 saturated carbocycles. The summed E-state index contributed by atoms with van der Waals surface area (Å²) in [5, 5.41) is 13.2. The van der Waals surface area contributed by atoms with E-state index in [1.807, 2.05) is 11.6 Å². The van der Waals surface area contributed by atoms with Gasteiger partial charge in [-0.1, -0.05) is 31.4 Å². The van der Waals surface area contributed by atoms with E-state index in [2.05, 4.69) is 9.82 Å². The molecule has 3 rings (SSSR count). The van der Waals surface area contributed by atoms with Gasteiger partial charge in [-0.15, -0.1) is 0 Å². The number of anilines is 1. The fourth-order valence-electron chi connectivity index (χ4n) is 3.39. The third-order valence-corrected chi connectivity index (χ3v) is 6.04. The van der Waals surface area contributed by atoms with Gasteiger partial charge in [0.25, 0.3) is 10.0 Å². The van der Waals surface area contributed by atoms with Crippen molar-refractivity contribution < 1.29 is 18.3 Å². The van der Waals surface area contributed by atoms with Crippen molar-refractivity contribution in [1.82, 2.24) is 9.78 Å². The predicted octanol–water partition coefficient (Wildman–Crippen LogP) is 3.12. The first-order chi connectivity index (χ1) is 12.3. The second-order valence-electron chi connectivity index (χ2n) is 6.73. The summed E-state index contributed by atoms with van der Waals surface area (Å²) in [5.74, 6) is -0.648. The van der Waals surface area contributed by atoms with Crippen LogP contribution in [0.15, 0.2) is 35.2 Å². The first-order valence-electron chi connectivity index (χ1n) is 8.75. The van der Waals surface area contributed by atoms with Crippen molar-refractivity contribution in [3.63, 3.8) is 0 Å². The van der Waals surface area contributed by atoms with E-state index in [9.17, 15) is 13.2 Å². The van der Waals surface area contributed by atoms with Gasteiger partial charge in [-0.3, -0.25) is 14.2 Å². The molecule has 140 valence electrons. The lowest BCUT2D eigenvalue weighted by atomic mass is 9.95. The lowest BCUT2D eigenvalue weighted by Gasteiger charge is -2.23. The molecular weight excluding hydrogens is 354 g/mol. The molecule has 0 saturated heterocycles. The Kier molecular flexibility index (Phi) is 5.31. The van der Waals surface area contributed by atoms with Crippen molar-refractivity contribution in [2.24, 2.45) is 0 Å². The van der Waals surface area contributed by atoms with Crippen LogP contribution >= 0.6 is 0 Å². The maximum atomic E-state index is 12.6. The topological polar surface area (TPSA) is 101 Å². The number of carbonyl (C=O) groups is 1. The second kappa shape index (κ2) is 7.49. The van der Waals surface area contributed by atoms with Gasteiger partial charge in [-0.25, -0.2) is 8.42 Å². The average molecular weight is 377 g/mol. The first kappa shape index (κ1) is 18.4. The van der Waals surface area contributed by atoms with Crippen molar-refractivity contribution >= 4 is 21.8 Å². The number of aromatic nitrogens is 2. The maximum Gasteiger partial charge on any atom is 0.307 e. The minimum atomic E-state index is -3.77.